The quantitative estimate of drug-likeness (QED) is 0.431. The summed E-state index contributed by atoms with van der Waals surface area (Å²) in [5.74, 6) is 1.77. The molecule has 30 heavy (non-hydrogen) atoms. The van der Waals surface area contributed by atoms with Gasteiger partial charge < -0.3 is 15.6 Å². The van der Waals surface area contributed by atoms with E-state index < -0.39 is 0 Å². The number of nitrogens with one attached hydrogen (secondary N) is 1. The maximum absolute atomic E-state index is 13.1. The lowest BCUT2D eigenvalue weighted by molar-refractivity contribution is 0.628. The van der Waals surface area contributed by atoms with Crippen molar-refractivity contribution in [1.82, 2.24) is 34.7 Å². The number of aromatic nitrogens is 7. The fourth-order valence-electron chi connectivity index (χ4n) is 2.74. The molecule has 0 unspecified atom stereocenters. The average molecular weight is 423 g/mol. The molecule has 0 saturated carbocycles. The zero-order valence-electron chi connectivity index (χ0n) is 16.0. The highest BCUT2D eigenvalue weighted by atomic mass is 32.2. The highest BCUT2D eigenvalue weighted by Gasteiger charge is 2.14. The molecule has 0 radical (unpaired) electrons. The number of benzene rings is 1. The normalized spacial score (nSPS) is 10.9. The van der Waals surface area contributed by atoms with E-state index in [9.17, 15) is 4.39 Å². The molecule has 0 aliphatic carbocycles. The summed E-state index contributed by atoms with van der Waals surface area (Å²) in [5, 5.41) is 12.4. The van der Waals surface area contributed by atoms with Gasteiger partial charge in [-0.2, -0.15) is 15.0 Å². The van der Waals surface area contributed by atoms with E-state index in [1.807, 2.05) is 23.6 Å². The van der Waals surface area contributed by atoms with Crippen LogP contribution in [-0.4, -0.2) is 34.7 Å². The van der Waals surface area contributed by atoms with Crippen molar-refractivity contribution in [2.24, 2.45) is 0 Å². The van der Waals surface area contributed by atoms with Crippen molar-refractivity contribution in [1.29, 1.82) is 0 Å². The molecule has 152 valence electrons. The van der Waals surface area contributed by atoms with Gasteiger partial charge in [0.25, 0.3) is 0 Å². The van der Waals surface area contributed by atoms with Crippen LogP contribution in [0.5, 0.6) is 0 Å². The minimum atomic E-state index is -0.320. The molecule has 9 nitrogen and oxygen atoms in total. The lowest BCUT2D eigenvalue weighted by Crippen LogP contribution is -2.07. The van der Waals surface area contributed by atoms with Gasteiger partial charge in [0.15, 0.2) is 11.0 Å². The summed E-state index contributed by atoms with van der Waals surface area (Å²) >= 11 is 1.45. The van der Waals surface area contributed by atoms with Crippen LogP contribution in [0.25, 0.3) is 11.4 Å². The van der Waals surface area contributed by atoms with Gasteiger partial charge in [0.2, 0.25) is 11.9 Å². The van der Waals surface area contributed by atoms with E-state index in [4.69, 9.17) is 5.73 Å². The molecule has 4 aromatic rings. The Morgan fingerprint density at radius 3 is 2.53 bits per heavy atom. The van der Waals surface area contributed by atoms with Crippen LogP contribution in [0.4, 0.5) is 22.0 Å². The van der Waals surface area contributed by atoms with Gasteiger partial charge >= 0.3 is 0 Å². The molecule has 3 heterocycles. The Balaban J connectivity index is 1.51. The molecule has 3 N–H and O–H groups in total. The fourth-order valence-corrected chi connectivity index (χ4v) is 3.60. The molecule has 0 fully saturated rings. The Kier molecular flexibility index (Phi) is 5.80. The zero-order valence-corrected chi connectivity index (χ0v) is 16.8. The van der Waals surface area contributed by atoms with Crippen molar-refractivity contribution in [3.8, 4) is 11.4 Å². The number of hydrogen-bond acceptors (Lipinski definition) is 9. The number of halogens is 1. The number of nitrogen functional groups attached to an aromatic ring is 1. The summed E-state index contributed by atoms with van der Waals surface area (Å²) < 4.78 is 15.1. The Bertz CT molecular complexity index is 1130. The minimum Gasteiger partial charge on any atom is -0.368 e. The molecular formula is C19H18FN9S. The van der Waals surface area contributed by atoms with Gasteiger partial charge in [0.1, 0.15) is 11.6 Å². The van der Waals surface area contributed by atoms with E-state index in [0.717, 1.165) is 16.5 Å². The number of thioether (sulfide) groups is 1. The van der Waals surface area contributed by atoms with Crippen molar-refractivity contribution in [2.45, 2.75) is 24.4 Å². The Morgan fingerprint density at radius 1 is 1.03 bits per heavy atom. The third kappa shape index (κ3) is 4.51. The smallest absolute Gasteiger partial charge is 0.232 e. The lowest BCUT2D eigenvalue weighted by atomic mass is 10.2. The monoisotopic (exact) mass is 423 g/mol. The van der Waals surface area contributed by atoms with Gasteiger partial charge in [-0.3, -0.25) is 4.98 Å². The van der Waals surface area contributed by atoms with Crippen LogP contribution < -0.4 is 11.1 Å². The van der Waals surface area contributed by atoms with Crippen molar-refractivity contribution >= 4 is 29.3 Å². The van der Waals surface area contributed by atoms with E-state index in [2.05, 4.69) is 35.5 Å². The number of hydrogen-bond donors (Lipinski definition) is 2. The predicted octanol–water partition coefficient (Wildman–Crippen LogP) is 3.30. The first-order chi connectivity index (χ1) is 14.6. The zero-order chi connectivity index (χ0) is 20.9. The second-order valence-corrected chi connectivity index (χ2v) is 7.08. The molecule has 0 atom stereocenters. The number of anilines is 3. The summed E-state index contributed by atoms with van der Waals surface area (Å²) in [7, 11) is 0. The summed E-state index contributed by atoms with van der Waals surface area (Å²) in [6.07, 6.45) is 3.44. The molecule has 0 aliphatic rings. The van der Waals surface area contributed by atoms with E-state index in [-0.39, 0.29) is 11.8 Å². The molecule has 11 heteroatoms. The second-order valence-electron chi connectivity index (χ2n) is 6.14. The second kappa shape index (κ2) is 8.82. The Labute approximate surface area is 176 Å². The molecule has 0 spiro atoms. The predicted molar refractivity (Wildman–Crippen MR) is 112 cm³/mol. The van der Waals surface area contributed by atoms with Gasteiger partial charge in [0.05, 0.1) is 5.75 Å². The van der Waals surface area contributed by atoms with Crippen LogP contribution in [0.3, 0.4) is 0 Å². The largest absolute Gasteiger partial charge is 0.368 e. The van der Waals surface area contributed by atoms with Gasteiger partial charge in [-0.05, 0) is 43.3 Å². The number of pyridine rings is 1. The van der Waals surface area contributed by atoms with Crippen LogP contribution in [0.2, 0.25) is 0 Å². The SMILES string of the molecule is CCn1c(SCc2nc(N)nc(Nc3ccc(F)cc3)n2)nnc1-c1ccncc1. The van der Waals surface area contributed by atoms with Crippen molar-refractivity contribution in [3.05, 3.63) is 60.4 Å². The maximum atomic E-state index is 13.1. The van der Waals surface area contributed by atoms with Crippen LogP contribution >= 0.6 is 11.8 Å². The van der Waals surface area contributed by atoms with Crippen LogP contribution in [0.15, 0.2) is 53.9 Å². The topological polar surface area (TPSA) is 120 Å². The fraction of sp³-hybridized carbons (Fsp3) is 0.158. The third-order valence-electron chi connectivity index (χ3n) is 4.10. The first-order valence-corrected chi connectivity index (χ1v) is 10.1. The van der Waals surface area contributed by atoms with Gasteiger partial charge in [0, 0.05) is 30.2 Å². The van der Waals surface area contributed by atoms with Crippen LogP contribution in [-0.2, 0) is 12.3 Å². The molecule has 3 aromatic heterocycles. The molecule has 0 amide bonds. The first-order valence-electron chi connectivity index (χ1n) is 9.12. The van der Waals surface area contributed by atoms with E-state index in [1.165, 1.54) is 23.9 Å². The van der Waals surface area contributed by atoms with E-state index >= 15 is 0 Å². The highest BCUT2D eigenvalue weighted by Crippen LogP contribution is 2.26. The standard InChI is InChI=1S/C19H18FN9S/c1-2-29-16(12-7-9-22-10-8-12)27-28-19(29)30-11-15-24-17(21)26-18(25-15)23-14-5-3-13(20)4-6-14/h3-10H,2,11H2,1H3,(H3,21,23,24,25,26). The number of nitrogens with two attached hydrogens (primary N) is 1. The van der Waals surface area contributed by atoms with Crippen molar-refractivity contribution < 1.29 is 4.39 Å². The maximum Gasteiger partial charge on any atom is 0.232 e. The van der Waals surface area contributed by atoms with Gasteiger partial charge in [-0.25, -0.2) is 4.39 Å². The van der Waals surface area contributed by atoms with E-state index in [0.29, 0.717) is 29.8 Å². The van der Waals surface area contributed by atoms with Gasteiger partial charge in [-0.1, -0.05) is 11.8 Å². The summed E-state index contributed by atoms with van der Waals surface area (Å²) in [6.45, 7) is 2.74. The highest BCUT2D eigenvalue weighted by molar-refractivity contribution is 7.98. The molecule has 0 aliphatic heterocycles. The molecule has 4 rings (SSSR count). The molecule has 1 aromatic carbocycles. The van der Waals surface area contributed by atoms with E-state index in [1.54, 1.807) is 24.5 Å². The number of rotatable bonds is 7. The minimum absolute atomic E-state index is 0.0969. The summed E-state index contributed by atoms with van der Waals surface area (Å²) in [6, 6.07) is 9.67. The summed E-state index contributed by atoms with van der Waals surface area (Å²) in [5.41, 5.74) is 7.42. The summed E-state index contributed by atoms with van der Waals surface area (Å²) in [4.78, 5) is 16.7. The third-order valence-corrected chi connectivity index (χ3v) is 5.06. The first kappa shape index (κ1) is 19.7. The van der Waals surface area contributed by atoms with Crippen LogP contribution in [0.1, 0.15) is 12.7 Å². The number of nitrogens with zero attached hydrogens (tertiary/aromatic N) is 7. The van der Waals surface area contributed by atoms with Crippen LogP contribution in [0, 0.1) is 5.82 Å². The van der Waals surface area contributed by atoms with Crippen molar-refractivity contribution in [2.75, 3.05) is 11.1 Å². The molecular weight excluding hydrogens is 405 g/mol. The Morgan fingerprint density at radius 2 is 1.80 bits per heavy atom. The average Bonchev–Trinajstić information content (AvgIpc) is 3.17. The Hall–Kier alpha value is -3.60. The molecule has 0 bridgehead atoms. The van der Waals surface area contributed by atoms with Gasteiger partial charge in [-0.15, -0.1) is 10.2 Å². The molecule has 0 saturated heterocycles. The lowest BCUT2D eigenvalue weighted by Gasteiger charge is -2.08. The van der Waals surface area contributed by atoms with Crippen molar-refractivity contribution in [3.63, 3.8) is 0 Å².